The van der Waals surface area contributed by atoms with Gasteiger partial charge in [-0.3, -0.25) is 0 Å². The van der Waals surface area contributed by atoms with Crippen molar-refractivity contribution in [3.05, 3.63) is 18.2 Å². The molecule has 0 bridgehead atoms. The Hall–Kier alpha value is -0.830. The summed E-state index contributed by atoms with van der Waals surface area (Å²) < 4.78 is 2.05. The van der Waals surface area contributed by atoms with Crippen LogP contribution in [-0.4, -0.2) is 20.3 Å². The maximum atomic E-state index is 10.4. The van der Waals surface area contributed by atoms with Crippen LogP contribution in [0.2, 0.25) is 0 Å². The molecule has 0 spiro atoms. The van der Waals surface area contributed by atoms with Gasteiger partial charge in [-0.1, -0.05) is 6.92 Å². The average molecular weight is 208 g/mol. The summed E-state index contributed by atoms with van der Waals surface area (Å²) in [6.45, 7) is 4.95. The van der Waals surface area contributed by atoms with Gasteiger partial charge in [0, 0.05) is 12.4 Å². The summed E-state index contributed by atoms with van der Waals surface area (Å²) in [7, 11) is 0. The molecule has 0 atom stereocenters. The number of aromatic nitrogens is 2. The molecule has 84 valence electrons. The van der Waals surface area contributed by atoms with E-state index in [0.717, 1.165) is 37.4 Å². The molecule has 1 fully saturated rings. The summed E-state index contributed by atoms with van der Waals surface area (Å²) >= 11 is 0. The maximum Gasteiger partial charge on any atom is 0.105 e. The second-order valence-electron chi connectivity index (χ2n) is 5.01. The fraction of sp³-hybridized carbons (Fsp3) is 0.750. The number of hydrogen-bond acceptors (Lipinski definition) is 2. The lowest BCUT2D eigenvalue weighted by Crippen LogP contribution is -2.38. The van der Waals surface area contributed by atoms with Crippen LogP contribution < -0.4 is 0 Å². The minimum atomic E-state index is -0.502. The van der Waals surface area contributed by atoms with Gasteiger partial charge in [0.1, 0.15) is 5.82 Å². The molecule has 1 heterocycles. The zero-order valence-corrected chi connectivity index (χ0v) is 9.61. The molecule has 2 rings (SSSR count). The van der Waals surface area contributed by atoms with Crippen LogP contribution in [0.3, 0.4) is 0 Å². The Kier molecular flexibility index (Phi) is 2.83. The van der Waals surface area contributed by atoms with Crippen molar-refractivity contribution in [3.8, 4) is 0 Å². The highest BCUT2D eigenvalue weighted by molar-refractivity contribution is 4.93. The quantitative estimate of drug-likeness (QED) is 0.808. The fourth-order valence-electron chi connectivity index (χ4n) is 2.35. The molecule has 0 amide bonds. The summed E-state index contributed by atoms with van der Waals surface area (Å²) in [6, 6.07) is 0. The first-order valence-corrected chi connectivity index (χ1v) is 5.79. The number of aliphatic hydroxyl groups is 1. The van der Waals surface area contributed by atoms with Gasteiger partial charge in [-0.25, -0.2) is 4.98 Å². The number of hydrogen-bond donors (Lipinski definition) is 1. The van der Waals surface area contributed by atoms with E-state index >= 15 is 0 Å². The normalized spacial score (nSPS) is 31.8. The molecule has 0 unspecified atom stereocenters. The predicted molar refractivity (Wildman–Crippen MR) is 59.5 cm³/mol. The Balaban J connectivity index is 2.02. The lowest BCUT2D eigenvalue weighted by Gasteiger charge is -2.35. The monoisotopic (exact) mass is 208 g/mol. The highest BCUT2D eigenvalue weighted by Crippen LogP contribution is 2.33. The van der Waals surface area contributed by atoms with Crippen molar-refractivity contribution in [1.29, 1.82) is 0 Å². The molecule has 1 aliphatic carbocycles. The molecule has 1 aromatic rings. The van der Waals surface area contributed by atoms with Crippen LogP contribution in [0, 0.1) is 12.8 Å². The molecule has 3 nitrogen and oxygen atoms in total. The van der Waals surface area contributed by atoms with E-state index in [-0.39, 0.29) is 0 Å². The van der Waals surface area contributed by atoms with Gasteiger partial charge in [0.05, 0.1) is 12.1 Å². The van der Waals surface area contributed by atoms with Crippen LogP contribution in [0.25, 0.3) is 0 Å². The van der Waals surface area contributed by atoms with Crippen LogP contribution in [0.4, 0.5) is 0 Å². The predicted octanol–water partition coefficient (Wildman–Crippen LogP) is 2.13. The summed E-state index contributed by atoms with van der Waals surface area (Å²) in [6.07, 6.45) is 7.88. The third-order valence-corrected chi connectivity index (χ3v) is 3.59. The van der Waals surface area contributed by atoms with Crippen molar-refractivity contribution in [2.75, 3.05) is 0 Å². The molecule has 1 aromatic heterocycles. The minimum absolute atomic E-state index is 0.502. The zero-order valence-electron chi connectivity index (χ0n) is 9.61. The van der Waals surface area contributed by atoms with Gasteiger partial charge in [0.25, 0.3) is 0 Å². The fourth-order valence-corrected chi connectivity index (χ4v) is 2.35. The molecule has 1 saturated carbocycles. The van der Waals surface area contributed by atoms with E-state index in [4.69, 9.17) is 0 Å². The third kappa shape index (κ3) is 2.40. The van der Waals surface area contributed by atoms with Gasteiger partial charge in [0.2, 0.25) is 0 Å². The number of aryl methyl sites for hydroxylation is 1. The Labute approximate surface area is 91.1 Å². The van der Waals surface area contributed by atoms with Gasteiger partial charge in [-0.05, 0) is 38.5 Å². The molecule has 1 N–H and O–H groups in total. The molecule has 3 heteroatoms. The lowest BCUT2D eigenvalue weighted by atomic mass is 9.79. The van der Waals surface area contributed by atoms with E-state index in [9.17, 15) is 5.11 Å². The molecule has 0 saturated heterocycles. The highest BCUT2D eigenvalue weighted by Gasteiger charge is 2.32. The average Bonchev–Trinajstić information content (AvgIpc) is 2.58. The van der Waals surface area contributed by atoms with E-state index in [0.29, 0.717) is 6.54 Å². The van der Waals surface area contributed by atoms with Crippen LogP contribution >= 0.6 is 0 Å². The molecule has 0 aromatic carbocycles. The SMILES string of the molecule is Cc1nccn1CC1(O)CCC(C)CC1. The molecule has 1 aliphatic rings. The van der Waals surface area contributed by atoms with Crippen molar-refractivity contribution in [3.63, 3.8) is 0 Å². The van der Waals surface area contributed by atoms with Crippen LogP contribution in [-0.2, 0) is 6.54 Å². The van der Waals surface area contributed by atoms with E-state index in [1.54, 1.807) is 6.20 Å². The van der Waals surface area contributed by atoms with E-state index in [2.05, 4.69) is 16.5 Å². The summed E-state index contributed by atoms with van der Waals surface area (Å²) in [4.78, 5) is 4.18. The first kappa shape index (κ1) is 10.7. The third-order valence-electron chi connectivity index (χ3n) is 3.59. The zero-order chi connectivity index (χ0) is 10.9. The molecule has 0 radical (unpaired) electrons. The van der Waals surface area contributed by atoms with Gasteiger partial charge in [-0.15, -0.1) is 0 Å². The van der Waals surface area contributed by atoms with Crippen molar-refractivity contribution in [2.45, 2.75) is 51.7 Å². The summed E-state index contributed by atoms with van der Waals surface area (Å²) in [5.41, 5.74) is -0.502. The standard InChI is InChI=1S/C12H20N2O/c1-10-3-5-12(15,6-4-10)9-14-8-7-13-11(14)2/h7-8,10,15H,3-6,9H2,1-2H3. The Morgan fingerprint density at radius 3 is 2.73 bits per heavy atom. The van der Waals surface area contributed by atoms with Gasteiger partial charge < -0.3 is 9.67 Å². The first-order valence-electron chi connectivity index (χ1n) is 5.79. The molecule has 0 aliphatic heterocycles. The van der Waals surface area contributed by atoms with Gasteiger partial charge in [-0.2, -0.15) is 0 Å². The van der Waals surface area contributed by atoms with E-state index < -0.39 is 5.60 Å². The van der Waals surface area contributed by atoms with E-state index in [1.165, 1.54) is 0 Å². The molecule has 15 heavy (non-hydrogen) atoms. The van der Waals surface area contributed by atoms with Crippen molar-refractivity contribution in [2.24, 2.45) is 5.92 Å². The minimum Gasteiger partial charge on any atom is -0.388 e. The van der Waals surface area contributed by atoms with Crippen LogP contribution in [0.5, 0.6) is 0 Å². The first-order chi connectivity index (χ1) is 7.09. The summed E-state index contributed by atoms with van der Waals surface area (Å²) in [5, 5.41) is 10.4. The smallest absolute Gasteiger partial charge is 0.105 e. The second kappa shape index (κ2) is 3.97. The Bertz CT molecular complexity index is 324. The van der Waals surface area contributed by atoms with Crippen molar-refractivity contribution >= 4 is 0 Å². The Morgan fingerprint density at radius 2 is 2.20 bits per heavy atom. The largest absolute Gasteiger partial charge is 0.388 e. The topological polar surface area (TPSA) is 38.0 Å². The second-order valence-corrected chi connectivity index (χ2v) is 5.01. The molecular weight excluding hydrogens is 188 g/mol. The van der Waals surface area contributed by atoms with Crippen molar-refractivity contribution in [1.82, 2.24) is 9.55 Å². The summed E-state index contributed by atoms with van der Waals surface area (Å²) in [5.74, 6) is 1.76. The molecular formula is C12H20N2O. The lowest BCUT2D eigenvalue weighted by molar-refractivity contribution is -0.0221. The van der Waals surface area contributed by atoms with E-state index in [1.807, 2.05) is 13.1 Å². The van der Waals surface area contributed by atoms with Crippen molar-refractivity contribution < 1.29 is 5.11 Å². The maximum absolute atomic E-state index is 10.4. The van der Waals surface area contributed by atoms with Crippen LogP contribution in [0.15, 0.2) is 12.4 Å². The highest BCUT2D eigenvalue weighted by atomic mass is 16.3. The van der Waals surface area contributed by atoms with Crippen LogP contribution in [0.1, 0.15) is 38.4 Å². The Morgan fingerprint density at radius 1 is 1.53 bits per heavy atom. The van der Waals surface area contributed by atoms with Gasteiger partial charge >= 0.3 is 0 Å². The number of nitrogens with zero attached hydrogens (tertiary/aromatic N) is 2. The van der Waals surface area contributed by atoms with Gasteiger partial charge in [0.15, 0.2) is 0 Å². The number of rotatable bonds is 2. The number of imidazole rings is 1.